The van der Waals surface area contributed by atoms with Gasteiger partial charge in [0.05, 0.1) is 13.2 Å². The van der Waals surface area contributed by atoms with Gasteiger partial charge in [0.1, 0.15) is 22.8 Å². The molecule has 0 spiro atoms. The Morgan fingerprint density at radius 1 is 1.07 bits per heavy atom. The molecule has 5 heteroatoms. The number of carbonyl (C=O) groups excluding carboxylic acids is 1. The molecule has 0 unspecified atom stereocenters. The van der Waals surface area contributed by atoms with Gasteiger partial charge in [0, 0.05) is 18.1 Å². The van der Waals surface area contributed by atoms with E-state index in [2.05, 4.69) is 11.4 Å². The average molecular weight is 405 g/mol. The van der Waals surface area contributed by atoms with Gasteiger partial charge in [0.15, 0.2) is 6.10 Å². The van der Waals surface area contributed by atoms with Crippen LogP contribution in [-0.2, 0) is 4.79 Å². The van der Waals surface area contributed by atoms with Crippen molar-refractivity contribution >= 4 is 16.7 Å². The van der Waals surface area contributed by atoms with E-state index in [1.165, 1.54) is 0 Å². The second-order valence-corrected chi connectivity index (χ2v) is 8.30. The molecule has 0 aliphatic carbocycles. The largest absolute Gasteiger partial charge is 0.497 e. The Kier molecular flexibility index (Phi) is 5.29. The number of methoxy groups -OCH3 is 1. The summed E-state index contributed by atoms with van der Waals surface area (Å²) in [4.78, 5) is 12.9. The fraction of sp³-hybridized carbons (Fsp3) is 0.320. The zero-order valence-electron chi connectivity index (χ0n) is 17.8. The van der Waals surface area contributed by atoms with E-state index in [0.717, 1.165) is 27.8 Å². The van der Waals surface area contributed by atoms with Crippen molar-refractivity contribution in [3.63, 3.8) is 0 Å². The summed E-state index contributed by atoms with van der Waals surface area (Å²) in [6.45, 7) is 5.80. The van der Waals surface area contributed by atoms with E-state index in [9.17, 15) is 4.79 Å². The van der Waals surface area contributed by atoms with E-state index in [4.69, 9.17) is 14.2 Å². The zero-order chi connectivity index (χ0) is 21.3. The second-order valence-electron chi connectivity index (χ2n) is 8.30. The average Bonchev–Trinajstić information content (AvgIpc) is 2.72. The van der Waals surface area contributed by atoms with E-state index in [1.54, 1.807) is 14.0 Å². The molecule has 2 atom stereocenters. The number of hydrogen-bond acceptors (Lipinski definition) is 4. The molecule has 4 rings (SSSR count). The molecule has 0 radical (unpaired) electrons. The first-order chi connectivity index (χ1) is 14.3. The molecule has 1 N–H and O–H groups in total. The molecule has 5 nitrogen and oxygen atoms in total. The molecule has 0 saturated carbocycles. The maximum absolute atomic E-state index is 12.9. The smallest absolute Gasteiger partial charge is 0.261 e. The van der Waals surface area contributed by atoms with Crippen molar-refractivity contribution in [1.82, 2.24) is 5.32 Å². The van der Waals surface area contributed by atoms with Crippen LogP contribution in [0.25, 0.3) is 10.8 Å². The fourth-order valence-corrected chi connectivity index (χ4v) is 3.88. The minimum absolute atomic E-state index is 0.160. The summed E-state index contributed by atoms with van der Waals surface area (Å²) in [7, 11) is 1.63. The van der Waals surface area contributed by atoms with E-state index < -0.39 is 11.7 Å². The molecular weight excluding hydrogens is 378 g/mol. The maximum Gasteiger partial charge on any atom is 0.261 e. The Morgan fingerprint density at radius 3 is 2.57 bits per heavy atom. The lowest BCUT2D eigenvalue weighted by Gasteiger charge is -2.38. The number of ether oxygens (including phenoxy) is 3. The van der Waals surface area contributed by atoms with E-state index >= 15 is 0 Å². The Labute approximate surface area is 177 Å². The topological polar surface area (TPSA) is 56.8 Å². The highest BCUT2D eigenvalue weighted by Crippen LogP contribution is 2.41. The van der Waals surface area contributed by atoms with Crippen molar-refractivity contribution in [2.24, 2.45) is 0 Å². The van der Waals surface area contributed by atoms with Gasteiger partial charge in [-0.1, -0.05) is 30.3 Å². The zero-order valence-corrected chi connectivity index (χ0v) is 17.8. The van der Waals surface area contributed by atoms with Crippen molar-refractivity contribution in [3.8, 4) is 17.2 Å². The summed E-state index contributed by atoms with van der Waals surface area (Å²) in [6.07, 6.45) is 0.0413. The van der Waals surface area contributed by atoms with Gasteiger partial charge in [-0.2, -0.15) is 0 Å². The van der Waals surface area contributed by atoms with Crippen LogP contribution < -0.4 is 19.5 Å². The molecule has 0 saturated heterocycles. The van der Waals surface area contributed by atoms with Crippen molar-refractivity contribution in [1.29, 1.82) is 0 Å². The van der Waals surface area contributed by atoms with Gasteiger partial charge in [0.2, 0.25) is 0 Å². The molecule has 0 fully saturated rings. The molecule has 1 aliphatic rings. The minimum Gasteiger partial charge on any atom is -0.497 e. The molecule has 156 valence electrons. The summed E-state index contributed by atoms with van der Waals surface area (Å²) in [5.74, 6) is 1.98. The Hall–Kier alpha value is -3.21. The standard InChI is InChI=1S/C25H27NO4/c1-16(29-20-10-9-17-7-5-6-8-18(17)13-20)24(27)26-22-15-25(2,3)30-23-14-19(28-4)11-12-21(22)23/h5-14,16,22H,15H2,1-4H3,(H,26,27)/t16-,22+/m1/s1. The van der Waals surface area contributed by atoms with Crippen LogP contribution in [0.4, 0.5) is 0 Å². The molecule has 0 bridgehead atoms. The minimum atomic E-state index is -0.626. The van der Waals surface area contributed by atoms with Gasteiger partial charge in [-0.3, -0.25) is 4.79 Å². The molecule has 3 aromatic rings. The number of nitrogens with one attached hydrogen (secondary N) is 1. The highest BCUT2D eigenvalue weighted by atomic mass is 16.5. The predicted octanol–water partition coefficient (Wildman–Crippen LogP) is 5.03. The van der Waals surface area contributed by atoms with E-state index in [-0.39, 0.29) is 11.9 Å². The van der Waals surface area contributed by atoms with Crippen LogP contribution in [0.5, 0.6) is 17.2 Å². The Morgan fingerprint density at radius 2 is 1.80 bits per heavy atom. The number of fused-ring (bicyclic) bond motifs is 2. The second kappa shape index (κ2) is 7.90. The summed E-state index contributed by atoms with van der Waals surface area (Å²) < 4.78 is 17.4. The summed E-state index contributed by atoms with van der Waals surface area (Å²) >= 11 is 0. The lowest BCUT2D eigenvalue weighted by molar-refractivity contribution is -0.128. The molecule has 1 aliphatic heterocycles. The first kappa shape index (κ1) is 20.1. The first-order valence-electron chi connectivity index (χ1n) is 10.2. The third-order valence-corrected chi connectivity index (χ3v) is 5.40. The monoisotopic (exact) mass is 405 g/mol. The molecule has 1 amide bonds. The molecule has 30 heavy (non-hydrogen) atoms. The van der Waals surface area contributed by atoms with Crippen molar-refractivity contribution in [3.05, 3.63) is 66.2 Å². The summed E-state index contributed by atoms with van der Waals surface area (Å²) in [6, 6.07) is 19.5. The van der Waals surface area contributed by atoms with Gasteiger partial charge in [0.25, 0.3) is 5.91 Å². The summed E-state index contributed by atoms with van der Waals surface area (Å²) in [5.41, 5.74) is 0.543. The fourth-order valence-electron chi connectivity index (χ4n) is 3.88. The quantitative estimate of drug-likeness (QED) is 0.647. The molecule has 0 aromatic heterocycles. The van der Waals surface area contributed by atoms with Crippen LogP contribution in [-0.4, -0.2) is 24.7 Å². The van der Waals surface area contributed by atoms with E-state index in [0.29, 0.717) is 12.2 Å². The van der Waals surface area contributed by atoms with Crippen LogP contribution >= 0.6 is 0 Å². The van der Waals surface area contributed by atoms with Gasteiger partial charge >= 0.3 is 0 Å². The normalized spacial score (nSPS) is 18.1. The summed E-state index contributed by atoms with van der Waals surface area (Å²) in [5, 5.41) is 5.36. The van der Waals surface area contributed by atoms with Gasteiger partial charge in [-0.05, 0) is 55.8 Å². The molecule has 3 aromatic carbocycles. The lowest BCUT2D eigenvalue weighted by Crippen LogP contribution is -2.44. The highest BCUT2D eigenvalue weighted by Gasteiger charge is 2.35. The van der Waals surface area contributed by atoms with Crippen molar-refractivity contribution in [2.45, 2.75) is 44.9 Å². The third-order valence-electron chi connectivity index (χ3n) is 5.40. The molecule has 1 heterocycles. The van der Waals surface area contributed by atoms with Gasteiger partial charge in [-0.15, -0.1) is 0 Å². The highest BCUT2D eigenvalue weighted by molar-refractivity contribution is 5.84. The molecular formula is C25H27NO4. The Balaban J connectivity index is 1.49. The predicted molar refractivity (Wildman–Crippen MR) is 117 cm³/mol. The lowest BCUT2D eigenvalue weighted by atomic mass is 9.89. The number of amides is 1. The first-order valence-corrected chi connectivity index (χ1v) is 10.2. The van der Waals surface area contributed by atoms with Crippen LogP contribution in [0.3, 0.4) is 0 Å². The van der Waals surface area contributed by atoms with Crippen LogP contribution in [0, 0.1) is 0 Å². The van der Waals surface area contributed by atoms with Crippen molar-refractivity contribution in [2.75, 3.05) is 7.11 Å². The van der Waals surface area contributed by atoms with Crippen LogP contribution in [0.15, 0.2) is 60.7 Å². The van der Waals surface area contributed by atoms with Gasteiger partial charge < -0.3 is 19.5 Å². The number of hydrogen-bond donors (Lipinski definition) is 1. The van der Waals surface area contributed by atoms with E-state index in [1.807, 2.05) is 68.4 Å². The Bertz CT molecular complexity index is 1080. The third kappa shape index (κ3) is 4.20. The van der Waals surface area contributed by atoms with Crippen LogP contribution in [0.1, 0.15) is 38.8 Å². The SMILES string of the molecule is COc1ccc2c(c1)OC(C)(C)C[C@@H]2NC(=O)[C@@H](C)Oc1ccc2ccccc2c1. The van der Waals surface area contributed by atoms with Gasteiger partial charge in [-0.25, -0.2) is 0 Å². The maximum atomic E-state index is 12.9. The number of benzene rings is 3. The number of carbonyl (C=O) groups is 1. The number of rotatable bonds is 5. The van der Waals surface area contributed by atoms with Crippen LogP contribution in [0.2, 0.25) is 0 Å². The van der Waals surface area contributed by atoms with Crippen molar-refractivity contribution < 1.29 is 19.0 Å².